The Morgan fingerprint density at radius 1 is 0.353 bits per heavy atom. The highest BCUT2D eigenvalue weighted by Crippen LogP contribution is 2.43. The monoisotopic (exact) mass is 671 g/mol. The molecule has 0 atom stereocenters. The molecule has 4 nitrogen and oxygen atoms in total. The van der Waals surface area contributed by atoms with Crippen molar-refractivity contribution in [1.29, 1.82) is 0 Å². The third-order valence-electron chi connectivity index (χ3n) is 9.46. The largest absolute Gasteiger partial charge is 0.658 e. The summed E-state index contributed by atoms with van der Waals surface area (Å²) in [6, 6.07) is 38.6. The molecule has 0 saturated carbocycles. The van der Waals surface area contributed by atoms with Crippen molar-refractivity contribution in [3.8, 4) is 11.5 Å². The highest BCUT2D eigenvalue weighted by molar-refractivity contribution is 6.20. The Morgan fingerprint density at radius 2 is 0.667 bits per heavy atom. The predicted molar refractivity (Wildman–Crippen MR) is 217 cm³/mol. The van der Waals surface area contributed by atoms with Crippen molar-refractivity contribution in [1.82, 2.24) is 0 Å². The third-order valence-corrected chi connectivity index (χ3v) is 9.46. The van der Waals surface area contributed by atoms with Gasteiger partial charge in [0.15, 0.2) is 0 Å². The zero-order chi connectivity index (χ0) is 36.4. The fourth-order valence-corrected chi connectivity index (χ4v) is 7.42. The lowest BCUT2D eigenvalue weighted by Crippen LogP contribution is -2.15. The van der Waals surface area contributed by atoms with E-state index in [0.717, 1.165) is 22.7 Å². The van der Waals surface area contributed by atoms with Gasteiger partial charge in [-0.15, -0.1) is 0 Å². The zero-order valence-corrected chi connectivity index (χ0v) is 31.7. The Balaban J connectivity index is 1.21. The minimum atomic E-state index is 0.694. The molecule has 0 aromatic heterocycles. The summed E-state index contributed by atoms with van der Waals surface area (Å²) in [5, 5.41) is 0. The minimum Gasteiger partial charge on any atom is -0.526 e. The molecule has 0 bridgehead atoms. The van der Waals surface area contributed by atoms with E-state index in [4.69, 9.17) is 9.31 Å². The second-order valence-electron chi connectivity index (χ2n) is 14.1. The number of anilines is 6. The van der Waals surface area contributed by atoms with Crippen LogP contribution >= 0.6 is 0 Å². The van der Waals surface area contributed by atoms with Crippen LogP contribution in [0.2, 0.25) is 0 Å². The molecule has 1 radical (unpaired) electrons. The Hall–Kier alpha value is -5.42. The van der Waals surface area contributed by atoms with E-state index in [1.807, 2.05) is 24.3 Å². The normalized spacial score (nSPS) is 10.9. The molecule has 6 rings (SSSR count). The lowest BCUT2D eigenvalue weighted by Gasteiger charge is -2.30. The van der Waals surface area contributed by atoms with Gasteiger partial charge >= 0.3 is 7.69 Å². The molecule has 0 aliphatic carbocycles. The van der Waals surface area contributed by atoms with Gasteiger partial charge in [-0.05, 0) is 163 Å². The van der Waals surface area contributed by atoms with Gasteiger partial charge in [0, 0.05) is 22.7 Å². The first kappa shape index (κ1) is 35.4. The Kier molecular flexibility index (Phi) is 10.3. The first-order valence-electron chi connectivity index (χ1n) is 17.6. The van der Waals surface area contributed by atoms with Crippen LogP contribution in [0.4, 0.5) is 34.1 Å². The summed E-state index contributed by atoms with van der Waals surface area (Å²) >= 11 is 0. The molecule has 6 aromatic carbocycles. The average molecular weight is 672 g/mol. The Labute approximate surface area is 305 Å². The summed E-state index contributed by atoms with van der Waals surface area (Å²) in [6.07, 6.45) is 0. The van der Waals surface area contributed by atoms with Crippen LogP contribution in [0.5, 0.6) is 11.5 Å². The predicted octanol–water partition coefficient (Wildman–Crippen LogP) is 12.7. The lowest BCUT2D eigenvalue weighted by molar-refractivity contribution is 0.459. The van der Waals surface area contributed by atoms with Crippen LogP contribution in [0.1, 0.15) is 55.6 Å². The molecule has 0 aliphatic rings. The maximum atomic E-state index is 5.97. The van der Waals surface area contributed by atoms with Crippen molar-refractivity contribution < 1.29 is 9.31 Å². The molecule has 0 unspecified atom stereocenters. The molecular formula is C46H48BN2O2. The molecule has 6 aromatic rings. The van der Waals surface area contributed by atoms with Gasteiger partial charge in [-0.25, -0.2) is 0 Å². The SMILES string of the molecule is Cc1ccc(N(c2ccc(O[B]Oc3ccc(N(c4ccc(C)cc4C)c4c(C)cc(C)cc4C)cc3)cc2)c2c(C)cc(C)cc2C)c(C)c1. The highest BCUT2D eigenvalue weighted by atomic mass is 16.6. The van der Waals surface area contributed by atoms with Crippen LogP contribution < -0.4 is 19.1 Å². The number of nitrogens with zero attached hydrogens (tertiary/aromatic N) is 2. The van der Waals surface area contributed by atoms with Crippen LogP contribution in [0.25, 0.3) is 0 Å². The van der Waals surface area contributed by atoms with Gasteiger partial charge in [0.1, 0.15) is 11.5 Å². The van der Waals surface area contributed by atoms with Crippen molar-refractivity contribution in [3.63, 3.8) is 0 Å². The van der Waals surface area contributed by atoms with E-state index in [1.165, 1.54) is 74.7 Å². The van der Waals surface area contributed by atoms with Crippen LogP contribution in [0.15, 0.2) is 109 Å². The Bertz CT molecular complexity index is 1990. The highest BCUT2D eigenvalue weighted by Gasteiger charge is 2.21. The fourth-order valence-electron chi connectivity index (χ4n) is 7.42. The van der Waals surface area contributed by atoms with E-state index >= 15 is 0 Å². The van der Waals surface area contributed by atoms with E-state index in [2.05, 4.69) is 164 Å². The summed E-state index contributed by atoms with van der Waals surface area (Å²) in [4.78, 5) is 4.71. The number of hydrogen-bond acceptors (Lipinski definition) is 4. The minimum absolute atomic E-state index is 0.694. The average Bonchev–Trinajstić information content (AvgIpc) is 3.06. The van der Waals surface area contributed by atoms with Crippen molar-refractivity contribution in [2.75, 3.05) is 9.80 Å². The summed E-state index contributed by atoms with van der Waals surface area (Å²) < 4.78 is 11.9. The smallest absolute Gasteiger partial charge is 0.526 e. The lowest BCUT2D eigenvalue weighted by atomic mass is 10.0. The summed E-state index contributed by atoms with van der Waals surface area (Å²) in [5.41, 5.74) is 19.3. The second kappa shape index (κ2) is 14.8. The molecular weight excluding hydrogens is 623 g/mol. The van der Waals surface area contributed by atoms with E-state index in [9.17, 15) is 0 Å². The van der Waals surface area contributed by atoms with E-state index in [1.54, 1.807) is 0 Å². The van der Waals surface area contributed by atoms with Gasteiger partial charge in [0.2, 0.25) is 0 Å². The van der Waals surface area contributed by atoms with Crippen molar-refractivity contribution >= 4 is 41.8 Å². The number of aryl methyl sites for hydroxylation is 10. The molecule has 0 heterocycles. The van der Waals surface area contributed by atoms with Gasteiger partial charge in [0.05, 0.1) is 11.4 Å². The molecule has 0 spiro atoms. The summed E-state index contributed by atoms with van der Waals surface area (Å²) in [7, 11) is 1.40. The van der Waals surface area contributed by atoms with E-state index < -0.39 is 0 Å². The molecule has 5 heteroatoms. The fraction of sp³-hybridized carbons (Fsp3) is 0.217. The Morgan fingerprint density at radius 3 is 0.980 bits per heavy atom. The van der Waals surface area contributed by atoms with Crippen molar-refractivity contribution in [2.24, 2.45) is 0 Å². The first-order chi connectivity index (χ1) is 24.4. The maximum absolute atomic E-state index is 5.97. The summed E-state index contributed by atoms with van der Waals surface area (Å²) in [6.45, 7) is 21.7. The number of rotatable bonds is 10. The second-order valence-corrected chi connectivity index (χ2v) is 14.1. The van der Waals surface area contributed by atoms with Gasteiger partial charge in [-0.2, -0.15) is 0 Å². The van der Waals surface area contributed by atoms with Crippen molar-refractivity contribution in [3.05, 3.63) is 165 Å². The third kappa shape index (κ3) is 7.68. The molecule has 257 valence electrons. The molecule has 0 fully saturated rings. The van der Waals surface area contributed by atoms with Crippen LogP contribution in [-0.4, -0.2) is 7.69 Å². The quantitative estimate of drug-likeness (QED) is 0.135. The summed E-state index contributed by atoms with van der Waals surface area (Å²) in [5.74, 6) is 1.39. The molecule has 0 saturated heterocycles. The van der Waals surface area contributed by atoms with Crippen LogP contribution in [-0.2, 0) is 0 Å². The standard InChI is InChI=1S/C46H48BN2O2/c1-29-11-21-43(33(5)23-29)48(45-35(7)25-31(3)26-36(45)8)39-13-17-41(18-14-39)50-47-51-42-19-15-40(16-20-42)49(44-22-12-30(2)24-34(44)6)46-37(9)27-32(4)28-38(46)10/h11-28H,1-10H3. The first-order valence-corrected chi connectivity index (χ1v) is 17.6. The molecule has 51 heavy (non-hydrogen) atoms. The van der Waals surface area contributed by atoms with Crippen LogP contribution in [0, 0.1) is 69.2 Å². The molecule has 0 N–H and O–H groups in total. The number of benzene rings is 6. The van der Waals surface area contributed by atoms with Gasteiger partial charge < -0.3 is 19.1 Å². The van der Waals surface area contributed by atoms with Gasteiger partial charge in [-0.3, -0.25) is 0 Å². The zero-order valence-electron chi connectivity index (χ0n) is 31.7. The number of hydrogen-bond donors (Lipinski definition) is 0. The van der Waals surface area contributed by atoms with Gasteiger partial charge in [-0.1, -0.05) is 70.8 Å². The van der Waals surface area contributed by atoms with Crippen molar-refractivity contribution in [2.45, 2.75) is 69.2 Å². The maximum Gasteiger partial charge on any atom is 0.658 e. The van der Waals surface area contributed by atoms with E-state index in [0.29, 0.717) is 11.5 Å². The topological polar surface area (TPSA) is 24.9 Å². The molecule has 0 amide bonds. The van der Waals surface area contributed by atoms with Gasteiger partial charge in [0.25, 0.3) is 0 Å². The molecule has 0 aliphatic heterocycles. The van der Waals surface area contributed by atoms with E-state index in [-0.39, 0.29) is 0 Å². The van der Waals surface area contributed by atoms with Crippen LogP contribution in [0.3, 0.4) is 0 Å².